The second-order valence-corrected chi connectivity index (χ2v) is 5.69. The van der Waals surface area contributed by atoms with Gasteiger partial charge in [0.15, 0.2) is 5.13 Å². The van der Waals surface area contributed by atoms with Gasteiger partial charge in [-0.05, 0) is 6.07 Å². The van der Waals surface area contributed by atoms with Gasteiger partial charge in [-0.3, -0.25) is 9.48 Å². The molecule has 20 heavy (non-hydrogen) atoms. The summed E-state index contributed by atoms with van der Waals surface area (Å²) in [4.78, 5) is 20.1. The highest BCUT2D eigenvalue weighted by Gasteiger charge is 2.21. The number of nitrogens with zero attached hydrogens (tertiary/aromatic N) is 5. The molecule has 106 valence electrons. The van der Waals surface area contributed by atoms with Crippen molar-refractivity contribution in [1.29, 1.82) is 0 Å². The lowest BCUT2D eigenvalue weighted by Gasteiger charge is -2.33. The molecule has 7 heteroatoms. The molecule has 0 saturated carbocycles. The number of hydrogen-bond donors (Lipinski definition) is 0. The van der Waals surface area contributed by atoms with Gasteiger partial charge in [-0.25, -0.2) is 4.98 Å². The number of thiazole rings is 1. The Morgan fingerprint density at radius 2 is 2.05 bits per heavy atom. The van der Waals surface area contributed by atoms with E-state index < -0.39 is 0 Å². The van der Waals surface area contributed by atoms with Crippen molar-refractivity contribution in [1.82, 2.24) is 19.7 Å². The van der Waals surface area contributed by atoms with Crippen molar-refractivity contribution in [3.63, 3.8) is 0 Å². The largest absolute Gasteiger partial charge is 0.345 e. The summed E-state index contributed by atoms with van der Waals surface area (Å²) in [6.45, 7) is 4.86. The van der Waals surface area contributed by atoms with Gasteiger partial charge in [0.05, 0.1) is 5.69 Å². The molecular formula is C13H17N5OS. The molecule has 0 aliphatic carbocycles. The maximum Gasteiger partial charge on any atom is 0.219 e. The van der Waals surface area contributed by atoms with Crippen LogP contribution in [0, 0.1) is 0 Å². The summed E-state index contributed by atoms with van der Waals surface area (Å²) in [5.41, 5.74) is 1.98. The van der Waals surface area contributed by atoms with Crippen LogP contribution in [0.25, 0.3) is 11.4 Å². The van der Waals surface area contributed by atoms with Crippen LogP contribution in [0.1, 0.15) is 6.92 Å². The second-order valence-electron chi connectivity index (χ2n) is 4.85. The van der Waals surface area contributed by atoms with Gasteiger partial charge in [-0.2, -0.15) is 5.10 Å². The second kappa shape index (κ2) is 5.24. The Morgan fingerprint density at radius 1 is 1.30 bits per heavy atom. The molecule has 0 spiro atoms. The smallest absolute Gasteiger partial charge is 0.219 e. The maximum absolute atomic E-state index is 11.3. The van der Waals surface area contributed by atoms with Gasteiger partial charge >= 0.3 is 0 Å². The molecule has 0 radical (unpaired) electrons. The predicted molar refractivity (Wildman–Crippen MR) is 78.8 cm³/mol. The summed E-state index contributed by atoms with van der Waals surface area (Å²) in [5, 5.41) is 7.24. The van der Waals surface area contributed by atoms with E-state index in [1.807, 2.05) is 22.7 Å². The van der Waals surface area contributed by atoms with Crippen molar-refractivity contribution in [3.8, 4) is 11.4 Å². The van der Waals surface area contributed by atoms with Crippen LogP contribution < -0.4 is 4.90 Å². The molecule has 0 atom stereocenters. The van der Waals surface area contributed by atoms with Crippen LogP contribution in [0.3, 0.4) is 0 Å². The molecule has 0 unspecified atom stereocenters. The lowest BCUT2D eigenvalue weighted by atomic mass is 10.3. The predicted octanol–water partition coefficient (Wildman–Crippen LogP) is 1.21. The highest BCUT2D eigenvalue weighted by atomic mass is 32.1. The third-order valence-corrected chi connectivity index (χ3v) is 4.47. The summed E-state index contributed by atoms with van der Waals surface area (Å²) in [5.74, 6) is 0.152. The number of aryl methyl sites for hydroxylation is 1. The molecule has 1 saturated heterocycles. The zero-order valence-electron chi connectivity index (χ0n) is 11.6. The monoisotopic (exact) mass is 291 g/mol. The SMILES string of the molecule is CC(=O)N1CCN(c2nc(-c3ccnn3C)cs2)CC1. The maximum atomic E-state index is 11.3. The molecule has 6 nitrogen and oxygen atoms in total. The molecule has 3 rings (SSSR count). The van der Waals surface area contributed by atoms with Crippen LogP contribution >= 0.6 is 11.3 Å². The number of carbonyl (C=O) groups is 1. The van der Waals surface area contributed by atoms with Crippen LogP contribution in [0.15, 0.2) is 17.6 Å². The van der Waals surface area contributed by atoms with Crippen molar-refractivity contribution in [2.24, 2.45) is 7.05 Å². The van der Waals surface area contributed by atoms with Crippen LogP contribution in [-0.4, -0.2) is 51.8 Å². The molecule has 2 aromatic rings. The highest BCUT2D eigenvalue weighted by molar-refractivity contribution is 7.14. The number of anilines is 1. The minimum atomic E-state index is 0.152. The Balaban J connectivity index is 1.72. The van der Waals surface area contributed by atoms with Crippen LogP contribution in [0.5, 0.6) is 0 Å². The fourth-order valence-electron chi connectivity index (χ4n) is 2.36. The average molecular weight is 291 g/mol. The lowest BCUT2D eigenvalue weighted by molar-refractivity contribution is -0.129. The number of hydrogen-bond acceptors (Lipinski definition) is 5. The van der Waals surface area contributed by atoms with E-state index in [1.54, 1.807) is 24.5 Å². The Hall–Kier alpha value is -1.89. The summed E-state index contributed by atoms with van der Waals surface area (Å²) in [7, 11) is 1.92. The summed E-state index contributed by atoms with van der Waals surface area (Å²) < 4.78 is 1.83. The van der Waals surface area contributed by atoms with Crippen molar-refractivity contribution in [2.75, 3.05) is 31.1 Å². The lowest BCUT2D eigenvalue weighted by Crippen LogP contribution is -2.48. The van der Waals surface area contributed by atoms with E-state index in [4.69, 9.17) is 0 Å². The normalized spacial score (nSPS) is 15.7. The van der Waals surface area contributed by atoms with Crippen molar-refractivity contribution in [2.45, 2.75) is 6.92 Å². The highest BCUT2D eigenvalue weighted by Crippen LogP contribution is 2.27. The van der Waals surface area contributed by atoms with Gasteiger partial charge in [0.25, 0.3) is 0 Å². The molecule has 1 amide bonds. The standard InChI is InChI=1S/C13H17N5OS/c1-10(19)17-5-7-18(8-6-17)13-15-11(9-20-13)12-3-4-14-16(12)2/h3-4,9H,5-8H2,1-2H3. The summed E-state index contributed by atoms with van der Waals surface area (Å²) in [6.07, 6.45) is 1.78. The minimum Gasteiger partial charge on any atom is -0.345 e. The Bertz CT molecular complexity index is 612. The molecule has 3 heterocycles. The summed E-state index contributed by atoms with van der Waals surface area (Å²) in [6, 6.07) is 1.96. The van der Waals surface area contributed by atoms with Gasteiger partial charge in [0, 0.05) is 51.7 Å². The number of rotatable bonds is 2. The van der Waals surface area contributed by atoms with Gasteiger partial charge in [0.1, 0.15) is 5.69 Å². The van der Waals surface area contributed by atoms with E-state index in [9.17, 15) is 4.79 Å². The zero-order valence-corrected chi connectivity index (χ0v) is 12.4. The van der Waals surface area contributed by atoms with E-state index in [0.29, 0.717) is 0 Å². The quantitative estimate of drug-likeness (QED) is 0.834. The van der Waals surface area contributed by atoms with Crippen LogP contribution in [0.4, 0.5) is 5.13 Å². The first-order chi connectivity index (χ1) is 9.65. The minimum absolute atomic E-state index is 0.152. The van der Waals surface area contributed by atoms with Crippen molar-refractivity contribution < 1.29 is 4.79 Å². The molecule has 0 N–H and O–H groups in total. The third kappa shape index (κ3) is 2.40. The molecule has 1 fully saturated rings. The molecule has 0 bridgehead atoms. The molecule has 0 aromatic carbocycles. The Morgan fingerprint density at radius 3 is 2.65 bits per heavy atom. The number of aromatic nitrogens is 3. The molecular weight excluding hydrogens is 274 g/mol. The summed E-state index contributed by atoms with van der Waals surface area (Å²) >= 11 is 1.64. The fraction of sp³-hybridized carbons (Fsp3) is 0.462. The fourth-order valence-corrected chi connectivity index (χ4v) is 3.24. The van der Waals surface area contributed by atoms with E-state index in [-0.39, 0.29) is 5.91 Å². The molecule has 1 aliphatic heterocycles. The number of carbonyl (C=O) groups excluding carboxylic acids is 1. The topological polar surface area (TPSA) is 54.3 Å². The first-order valence-corrected chi connectivity index (χ1v) is 7.47. The number of piperazine rings is 1. The first kappa shape index (κ1) is 13.1. The van der Waals surface area contributed by atoms with E-state index in [2.05, 4.69) is 20.4 Å². The molecule has 1 aliphatic rings. The van der Waals surface area contributed by atoms with Crippen LogP contribution in [0.2, 0.25) is 0 Å². The van der Waals surface area contributed by atoms with Gasteiger partial charge in [0.2, 0.25) is 5.91 Å². The van der Waals surface area contributed by atoms with E-state index in [0.717, 1.165) is 42.7 Å². The van der Waals surface area contributed by atoms with Gasteiger partial charge in [-0.1, -0.05) is 0 Å². The molecule has 2 aromatic heterocycles. The number of amides is 1. The third-order valence-electron chi connectivity index (χ3n) is 3.57. The van der Waals surface area contributed by atoms with E-state index >= 15 is 0 Å². The van der Waals surface area contributed by atoms with Crippen LogP contribution in [-0.2, 0) is 11.8 Å². The van der Waals surface area contributed by atoms with Crippen molar-refractivity contribution in [3.05, 3.63) is 17.6 Å². The van der Waals surface area contributed by atoms with Crippen molar-refractivity contribution >= 4 is 22.4 Å². The van der Waals surface area contributed by atoms with Gasteiger partial charge in [-0.15, -0.1) is 11.3 Å². The van der Waals surface area contributed by atoms with Gasteiger partial charge < -0.3 is 9.80 Å². The first-order valence-electron chi connectivity index (χ1n) is 6.59. The zero-order chi connectivity index (χ0) is 14.1. The van der Waals surface area contributed by atoms with E-state index in [1.165, 1.54) is 0 Å². The Labute approximate surface area is 121 Å². The average Bonchev–Trinajstić information content (AvgIpc) is 3.07. The Kier molecular flexibility index (Phi) is 3.43.